The summed E-state index contributed by atoms with van der Waals surface area (Å²) in [6, 6.07) is 8.27. The lowest BCUT2D eigenvalue weighted by atomic mass is 9.92. The number of nitrogens with one attached hydrogen (secondary N) is 2. The smallest absolute Gasteiger partial charge is 0.333 e. The van der Waals surface area contributed by atoms with Crippen molar-refractivity contribution in [2.45, 2.75) is 38.1 Å². The highest BCUT2D eigenvalue weighted by molar-refractivity contribution is 5.87. The van der Waals surface area contributed by atoms with Gasteiger partial charge in [-0.3, -0.25) is 0 Å². The molecule has 0 radical (unpaired) electrons. The fourth-order valence-electron chi connectivity index (χ4n) is 2.29. The molecule has 0 bridgehead atoms. The minimum absolute atomic E-state index is 0.445. The molecule has 0 heterocycles. The summed E-state index contributed by atoms with van der Waals surface area (Å²) in [5.74, 6) is -0.245. The molecule has 5 nitrogen and oxygen atoms in total. The van der Waals surface area contributed by atoms with Crippen LogP contribution in [-0.2, 0) is 10.3 Å². The van der Waals surface area contributed by atoms with Gasteiger partial charge in [-0.25, -0.2) is 9.59 Å². The summed E-state index contributed by atoms with van der Waals surface area (Å²) < 4.78 is 0. The monoisotopic (exact) mass is 290 g/mol. The molecule has 114 valence electrons. The normalized spacial score (nSPS) is 16.8. The van der Waals surface area contributed by atoms with Crippen LogP contribution in [0.1, 0.15) is 38.2 Å². The van der Waals surface area contributed by atoms with Crippen LogP contribution in [0.15, 0.2) is 30.3 Å². The van der Waals surface area contributed by atoms with Gasteiger partial charge >= 0.3 is 12.0 Å². The van der Waals surface area contributed by atoms with Gasteiger partial charge in [-0.15, -0.1) is 0 Å². The lowest BCUT2D eigenvalue weighted by molar-refractivity contribution is -0.144. The van der Waals surface area contributed by atoms with Crippen LogP contribution in [-0.4, -0.2) is 23.7 Å². The molecule has 1 aliphatic rings. The summed E-state index contributed by atoms with van der Waals surface area (Å²) in [4.78, 5) is 23.5. The van der Waals surface area contributed by atoms with Crippen molar-refractivity contribution >= 4 is 12.0 Å². The van der Waals surface area contributed by atoms with Gasteiger partial charge in [0.2, 0.25) is 0 Å². The van der Waals surface area contributed by atoms with Crippen molar-refractivity contribution in [2.75, 3.05) is 6.54 Å². The molecule has 1 aliphatic carbocycles. The van der Waals surface area contributed by atoms with Crippen molar-refractivity contribution in [3.05, 3.63) is 35.9 Å². The van der Waals surface area contributed by atoms with Crippen LogP contribution in [0, 0.1) is 5.92 Å². The Balaban J connectivity index is 1.89. The molecular formula is C16H22N2O3. The van der Waals surface area contributed by atoms with E-state index in [2.05, 4.69) is 10.6 Å². The fraction of sp³-hybridized carbons (Fsp3) is 0.500. The minimum atomic E-state index is -1.43. The quantitative estimate of drug-likeness (QED) is 0.675. The van der Waals surface area contributed by atoms with E-state index in [0.29, 0.717) is 12.1 Å². The summed E-state index contributed by atoms with van der Waals surface area (Å²) in [5.41, 5.74) is -0.882. The number of hydrogen-bond donors (Lipinski definition) is 3. The van der Waals surface area contributed by atoms with Crippen molar-refractivity contribution in [1.82, 2.24) is 10.6 Å². The lowest BCUT2D eigenvalue weighted by Crippen LogP contribution is -2.53. The largest absolute Gasteiger partial charge is 0.479 e. The fourth-order valence-corrected chi connectivity index (χ4v) is 2.29. The highest BCUT2D eigenvalue weighted by Crippen LogP contribution is 2.33. The predicted molar refractivity (Wildman–Crippen MR) is 79.9 cm³/mol. The molecule has 0 aromatic heterocycles. The number of rotatable bonds is 7. The average Bonchev–Trinajstić information content (AvgIpc) is 3.28. The molecule has 21 heavy (non-hydrogen) atoms. The van der Waals surface area contributed by atoms with Gasteiger partial charge in [-0.1, -0.05) is 43.2 Å². The molecule has 3 N–H and O–H groups in total. The third kappa shape index (κ3) is 4.21. The molecule has 0 spiro atoms. The van der Waals surface area contributed by atoms with Crippen molar-refractivity contribution in [3.8, 4) is 0 Å². The van der Waals surface area contributed by atoms with Gasteiger partial charge in [0.1, 0.15) is 0 Å². The van der Waals surface area contributed by atoms with E-state index in [9.17, 15) is 14.7 Å². The molecule has 1 fully saturated rings. The first kappa shape index (κ1) is 15.4. The molecule has 5 heteroatoms. The summed E-state index contributed by atoms with van der Waals surface area (Å²) >= 11 is 0. The van der Waals surface area contributed by atoms with E-state index in [1.165, 1.54) is 19.8 Å². The van der Waals surface area contributed by atoms with E-state index in [1.54, 1.807) is 24.3 Å². The van der Waals surface area contributed by atoms with Gasteiger partial charge in [-0.05, 0) is 31.2 Å². The summed E-state index contributed by atoms with van der Waals surface area (Å²) in [5, 5.41) is 14.7. The minimum Gasteiger partial charge on any atom is -0.479 e. The Hall–Kier alpha value is -2.04. The van der Waals surface area contributed by atoms with Gasteiger partial charge in [-0.2, -0.15) is 0 Å². The number of aliphatic carboxylic acids is 1. The third-order valence-corrected chi connectivity index (χ3v) is 3.91. The molecule has 0 saturated heterocycles. The molecule has 0 aliphatic heterocycles. The Morgan fingerprint density at radius 1 is 1.29 bits per heavy atom. The first-order chi connectivity index (χ1) is 10.0. The Bertz CT molecular complexity index is 500. The third-order valence-electron chi connectivity index (χ3n) is 3.91. The van der Waals surface area contributed by atoms with Gasteiger partial charge in [0.15, 0.2) is 5.54 Å². The Kier molecular flexibility index (Phi) is 4.83. The Morgan fingerprint density at radius 3 is 2.52 bits per heavy atom. The van der Waals surface area contributed by atoms with Gasteiger partial charge in [0.25, 0.3) is 0 Å². The Labute approximate surface area is 124 Å². The highest BCUT2D eigenvalue weighted by atomic mass is 16.4. The standard InChI is InChI=1S/C16H22N2O3/c1-16(14(19)20,13-7-3-2-4-8-13)18-15(21)17-11-5-6-12-9-10-12/h2-4,7-8,12H,5-6,9-11H2,1H3,(H,19,20)(H2,17,18,21). The number of carboxylic acid groups (broad SMARTS) is 1. The van der Waals surface area contributed by atoms with E-state index in [0.717, 1.165) is 18.8 Å². The van der Waals surface area contributed by atoms with Crippen molar-refractivity contribution in [1.29, 1.82) is 0 Å². The number of carboxylic acids is 1. The number of urea groups is 1. The lowest BCUT2D eigenvalue weighted by Gasteiger charge is -2.26. The van der Waals surface area contributed by atoms with E-state index in [-0.39, 0.29) is 0 Å². The van der Waals surface area contributed by atoms with Gasteiger partial charge in [0, 0.05) is 6.54 Å². The van der Waals surface area contributed by atoms with E-state index in [1.807, 2.05) is 6.07 Å². The average molecular weight is 290 g/mol. The predicted octanol–water partition coefficient (Wildman–Crippen LogP) is 2.48. The molecule has 2 rings (SSSR count). The van der Waals surface area contributed by atoms with Crippen LogP contribution in [0.3, 0.4) is 0 Å². The molecule has 1 saturated carbocycles. The molecule has 2 amide bonds. The van der Waals surface area contributed by atoms with Crippen LogP contribution >= 0.6 is 0 Å². The molecule has 1 aromatic rings. The molecule has 1 unspecified atom stereocenters. The number of amides is 2. The van der Waals surface area contributed by atoms with Crippen molar-refractivity contribution < 1.29 is 14.7 Å². The van der Waals surface area contributed by atoms with Crippen LogP contribution in [0.25, 0.3) is 0 Å². The second kappa shape index (κ2) is 6.61. The topological polar surface area (TPSA) is 78.4 Å². The zero-order chi connectivity index (χ0) is 15.3. The van der Waals surface area contributed by atoms with Crippen LogP contribution < -0.4 is 10.6 Å². The maximum absolute atomic E-state index is 11.9. The Morgan fingerprint density at radius 2 is 1.95 bits per heavy atom. The van der Waals surface area contributed by atoms with Gasteiger partial charge in [0.05, 0.1) is 0 Å². The second-order valence-corrected chi connectivity index (χ2v) is 5.76. The zero-order valence-corrected chi connectivity index (χ0v) is 12.3. The first-order valence-corrected chi connectivity index (χ1v) is 7.37. The first-order valence-electron chi connectivity index (χ1n) is 7.37. The maximum atomic E-state index is 11.9. The van der Waals surface area contributed by atoms with Crippen molar-refractivity contribution in [3.63, 3.8) is 0 Å². The van der Waals surface area contributed by atoms with Crippen LogP contribution in [0.4, 0.5) is 4.79 Å². The zero-order valence-electron chi connectivity index (χ0n) is 12.3. The summed E-state index contributed by atoms with van der Waals surface area (Å²) in [6.45, 7) is 2.07. The summed E-state index contributed by atoms with van der Waals surface area (Å²) in [7, 11) is 0. The number of carbonyl (C=O) groups is 2. The molecule has 1 aromatic carbocycles. The summed E-state index contributed by atoms with van der Waals surface area (Å²) in [6.07, 6.45) is 4.68. The van der Waals surface area contributed by atoms with Crippen LogP contribution in [0.5, 0.6) is 0 Å². The maximum Gasteiger partial charge on any atom is 0.333 e. The van der Waals surface area contributed by atoms with E-state index >= 15 is 0 Å². The SMILES string of the molecule is CC(NC(=O)NCCCC1CC1)(C(=O)O)c1ccccc1. The van der Waals surface area contributed by atoms with Crippen LogP contribution in [0.2, 0.25) is 0 Å². The molecule has 1 atom stereocenters. The number of carbonyl (C=O) groups excluding carboxylic acids is 1. The van der Waals surface area contributed by atoms with E-state index < -0.39 is 17.5 Å². The molecular weight excluding hydrogens is 268 g/mol. The highest BCUT2D eigenvalue weighted by Gasteiger charge is 2.36. The van der Waals surface area contributed by atoms with Gasteiger partial charge < -0.3 is 15.7 Å². The van der Waals surface area contributed by atoms with E-state index in [4.69, 9.17) is 0 Å². The second-order valence-electron chi connectivity index (χ2n) is 5.76. The van der Waals surface area contributed by atoms with Crippen molar-refractivity contribution in [2.24, 2.45) is 5.92 Å². The number of hydrogen-bond acceptors (Lipinski definition) is 2. The number of benzene rings is 1.